The molecule has 0 spiro atoms. The van der Waals surface area contributed by atoms with Crippen LogP contribution in [0.15, 0.2) is 18.2 Å². The normalized spacial score (nSPS) is 15.7. The minimum absolute atomic E-state index is 0.538. The predicted molar refractivity (Wildman–Crippen MR) is 65.6 cm³/mol. The number of rotatable bonds is 2. The van der Waals surface area contributed by atoms with Crippen molar-refractivity contribution in [3.8, 4) is 6.07 Å². The van der Waals surface area contributed by atoms with E-state index in [0.717, 1.165) is 15.9 Å². The molecule has 0 bridgehead atoms. The molecule has 4 heteroatoms. The van der Waals surface area contributed by atoms with Gasteiger partial charge in [0, 0.05) is 11.7 Å². The van der Waals surface area contributed by atoms with Crippen molar-refractivity contribution < 1.29 is 0 Å². The summed E-state index contributed by atoms with van der Waals surface area (Å²) in [7, 11) is 0. The van der Waals surface area contributed by atoms with Crippen LogP contribution >= 0.6 is 11.3 Å². The summed E-state index contributed by atoms with van der Waals surface area (Å²) in [4.78, 5) is 4.22. The van der Waals surface area contributed by atoms with Crippen LogP contribution in [0.5, 0.6) is 0 Å². The molecular weight excluding hydrogens is 218 g/mol. The average molecular weight is 229 g/mol. The molecular formula is C12H11N3S. The van der Waals surface area contributed by atoms with Gasteiger partial charge in [0.05, 0.1) is 10.2 Å². The first kappa shape index (κ1) is 9.61. The van der Waals surface area contributed by atoms with Gasteiger partial charge in [-0.1, -0.05) is 0 Å². The van der Waals surface area contributed by atoms with E-state index in [1.807, 2.05) is 12.1 Å². The maximum Gasteiger partial charge on any atom is 0.195 e. The SMILES string of the molecule is N#Cc1nc2ccc(NC3CCC3)cc2s1. The Labute approximate surface area is 97.7 Å². The van der Waals surface area contributed by atoms with Crippen LogP contribution in [-0.4, -0.2) is 11.0 Å². The second-order valence-corrected chi connectivity index (χ2v) is 5.12. The topological polar surface area (TPSA) is 48.7 Å². The molecule has 1 fully saturated rings. The van der Waals surface area contributed by atoms with Crippen molar-refractivity contribution in [2.75, 3.05) is 5.32 Å². The number of anilines is 1. The van der Waals surface area contributed by atoms with Gasteiger partial charge in [-0.15, -0.1) is 11.3 Å². The van der Waals surface area contributed by atoms with Crippen molar-refractivity contribution in [3.63, 3.8) is 0 Å². The molecule has 1 aromatic heterocycles. The van der Waals surface area contributed by atoms with Crippen LogP contribution < -0.4 is 5.32 Å². The zero-order chi connectivity index (χ0) is 11.0. The zero-order valence-electron chi connectivity index (χ0n) is 8.73. The van der Waals surface area contributed by atoms with Gasteiger partial charge < -0.3 is 5.32 Å². The molecule has 3 nitrogen and oxygen atoms in total. The van der Waals surface area contributed by atoms with Crippen LogP contribution in [0, 0.1) is 11.3 Å². The van der Waals surface area contributed by atoms with Crippen LogP contribution in [0.4, 0.5) is 5.69 Å². The van der Waals surface area contributed by atoms with Gasteiger partial charge in [-0.2, -0.15) is 5.26 Å². The summed E-state index contributed by atoms with van der Waals surface area (Å²) in [6.45, 7) is 0. The molecule has 0 amide bonds. The van der Waals surface area contributed by atoms with Gasteiger partial charge in [0.25, 0.3) is 0 Å². The molecule has 16 heavy (non-hydrogen) atoms. The minimum atomic E-state index is 0.538. The van der Waals surface area contributed by atoms with Gasteiger partial charge >= 0.3 is 0 Å². The first-order valence-corrected chi connectivity index (χ1v) is 6.24. The summed E-state index contributed by atoms with van der Waals surface area (Å²) in [5.74, 6) is 0. The Morgan fingerprint density at radius 2 is 2.31 bits per heavy atom. The van der Waals surface area contributed by atoms with E-state index in [0.29, 0.717) is 11.0 Å². The lowest BCUT2D eigenvalue weighted by atomic mass is 9.93. The summed E-state index contributed by atoms with van der Waals surface area (Å²) in [5.41, 5.74) is 2.06. The fourth-order valence-electron chi connectivity index (χ4n) is 1.85. The number of fused-ring (bicyclic) bond motifs is 1. The molecule has 0 unspecified atom stereocenters. The molecule has 1 saturated carbocycles. The van der Waals surface area contributed by atoms with Crippen LogP contribution in [-0.2, 0) is 0 Å². The maximum absolute atomic E-state index is 8.78. The summed E-state index contributed by atoms with van der Waals surface area (Å²) in [5, 5.41) is 12.8. The van der Waals surface area contributed by atoms with Gasteiger partial charge in [0.1, 0.15) is 6.07 Å². The van der Waals surface area contributed by atoms with E-state index in [9.17, 15) is 0 Å². The van der Waals surface area contributed by atoms with Crippen molar-refractivity contribution >= 4 is 27.2 Å². The highest BCUT2D eigenvalue weighted by molar-refractivity contribution is 7.19. The molecule has 0 atom stereocenters. The fraction of sp³-hybridized carbons (Fsp3) is 0.333. The lowest BCUT2D eigenvalue weighted by molar-refractivity contribution is 0.445. The third kappa shape index (κ3) is 1.63. The Hall–Kier alpha value is -1.60. The molecule has 1 aromatic carbocycles. The van der Waals surface area contributed by atoms with Gasteiger partial charge in [-0.25, -0.2) is 4.98 Å². The van der Waals surface area contributed by atoms with Gasteiger partial charge in [-0.3, -0.25) is 0 Å². The lowest BCUT2D eigenvalue weighted by Crippen LogP contribution is -2.26. The Kier molecular flexibility index (Phi) is 2.26. The van der Waals surface area contributed by atoms with Gasteiger partial charge in [0.15, 0.2) is 5.01 Å². The standard InChI is InChI=1S/C12H11N3S/c13-7-12-15-10-5-4-9(6-11(10)16-12)14-8-2-1-3-8/h4-6,8,14H,1-3H2. The lowest BCUT2D eigenvalue weighted by Gasteiger charge is -2.27. The highest BCUT2D eigenvalue weighted by atomic mass is 32.1. The third-order valence-corrected chi connectivity index (χ3v) is 3.88. The number of nitrogens with zero attached hydrogens (tertiary/aromatic N) is 2. The zero-order valence-corrected chi connectivity index (χ0v) is 9.55. The summed E-state index contributed by atoms with van der Waals surface area (Å²) < 4.78 is 1.08. The maximum atomic E-state index is 8.78. The van der Waals surface area contributed by atoms with Crippen molar-refractivity contribution in [2.45, 2.75) is 25.3 Å². The highest BCUT2D eigenvalue weighted by Gasteiger charge is 2.16. The van der Waals surface area contributed by atoms with Crippen molar-refractivity contribution in [1.29, 1.82) is 5.26 Å². The molecule has 0 saturated heterocycles. The molecule has 3 rings (SSSR count). The molecule has 1 N–H and O–H groups in total. The number of hydrogen-bond donors (Lipinski definition) is 1. The second-order valence-electron chi connectivity index (χ2n) is 4.09. The van der Waals surface area contributed by atoms with E-state index in [2.05, 4.69) is 22.4 Å². The van der Waals surface area contributed by atoms with E-state index in [1.165, 1.54) is 30.6 Å². The second kappa shape index (κ2) is 3.76. The van der Waals surface area contributed by atoms with Crippen LogP contribution in [0.25, 0.3) is 10.2 Å². The van der Waals surface area contributed by atoms with E-state index in [1.54, 1.807) is 0 Å². The Morgan fingerprint density at radius 1 is 1.44 bits per heavy atom. The molecule has 0 radical (unpaired) electrons. The summed E-state index contributed by atoms with van der Waals surface area (Å²) >= 11 is 1.45. The Bertz CT molecular complexity index is 563. The molecule has 80 valence electrons. The molecule has 0 aliphatic heterocycles. The number of nitrogens with one attached hydrogen (secondary N) is 1. The molecule has 1 aliphatic rings. The smallest absolute Gasteiger partial charge is 0.195 e. The Morgan fingerprint density at radius 3 is 3.00 bits per heavy atom. The number of thiazole rings is 1. The first-order valence-electron chi connectivity index (χ1n) is 5.42. The van der Waals surface area contributed by atoms with E-state index in [4.69, 9.17) is 5.26 Å². The largest absolute Gasteiger partial charge is 0.382 e. The molecule has 2 aromatic rings. The van der Waals surface area contributed by atoms with Gasteiger partial charge in [-0.05, 0) is 37.5 Å². The monoisotopic (exact) mass is 229 g/mol. The van der Waals surface area contributed by atoms with Crippen molar-refractivity contribution in [3.05, 3.63) is 23.2 Å². The quantitative estimate of drug-likeness (QED) is 0.860. The van der Waals surface area contributed by atoms with E-state index in [-0.39, 0.29) is 0 Å². The van der Waals surface area contributed by atoms with E-state index < -0.39 is 0 Å². The number of hydrogen-bond acceptors (Lipinski definition) is 4. The highest BCUT2D eigenvalue weighted by Crippen LogP contribution is 2.28. The number of nitriles is 1. The molecule has 1 heterocycles. The van der Waals surface area contributed by atoms with E-state index >= 15 is 0 Å². The van der Waals surface area contributed by atoms with Gasteiger partial charge in [0.2, 0.25) is 0 Å². The first-order chi connectivity index (χ1) is 7.85. The predicted octanol–water partition coefficient (Wildman–Crippen LogP) is 3.13. The van der Waals surface area contributed by atoms with Crippen molar-refractivity contribution in [1.82, 2.24) is 4.98 Å². The van der Waals surface area contributed by atoms with Crippen LogP contribution in [0.3, 0.4) is 0 Å². The number of aromatic nitrogens is 1. The fourth-order valence-corrected chi connectivity index (χ4v) is 2.65. The van der Waals surface area contributed by atoms with Crippen molar-refractivity contribution in [2.24, 2.45) is 0 Å². The van der Waals surface area contributed by atoms with Crippen LogP contribution in [0.1, 0.15) is 24.3 Å². The average Bonchev–Trinajstić information content (AvgIpc) is 2.65. The summed E-state index contributed by atoms with van der Waals surface area (Å²) in [6, 6.07) is 8.84. The number of benzene rings is 1. The Balaban J connectivity index is 1.92. The molecule has 1 aliphatic carbocycles. The van der Waals surface area contributed by atoms with Crippen LogP contribution in [0.2, 0.25) is 0 Å². The third-order valence-electron chi connectivity index (χ3n) is 2.96. The minimum Gasteiger partial charge on any atom is -0.382 e. The summed E-state index contributed by atoms with van der Waals surface area (Å²) in [6.07, 6.45) is 3.87.